The van der Waals surface area contributed by atoms with E-state index in [-0.39, 0.29) is 17.8 Å². The first-order valence-electron chi connectivity index (χ1n) is 6.34. The van der Waals surface area contributed by atoms with Crippen LogP contribution in [0.3, 0.4) is 0 Å². The summed E-state index contributed by atoms with van der Waals surface area (Å²) in [5.41, 5.74) is 6.31. The van der Waals surface area contributed by atoms with Crippen LogP contribution in [0, 0.1) is 17.5 Å². The van der Waals surface area contributed by atoms with E-state index in [1.807, 2.05) is 0 Å². The van der Waals surface area contributed by atoms with Crippen LogP contribution in [0.15, 0.2) is 42.5 Å². The highest BCUT2D eigenvalue weighted by Gasteiger charge is 2.22. The predicted molar refractivity (Wildman–Crippen MR) is 72.8 cm³/mol. The van der Waals surface area contributed by atoms with Gasteiger partial charge in [-0.3, -0.25) is 0 Å². The fourth-order valence-electron chi connectivity index (χ4n) is 2.30. The Morgan fingerprint density at radius 1 is 1.00 bits per heavy atom. The van der Waals surface area contributed by atoms with Crippen LogP contribution in [0.1, 0.15) is 18.1 Å². The maximum Gasteiger partial charge on any atom is 0.162 e. The maximum atomic E-state index is 13.6. The highest BCUT2D eigenvalue weighted by molar-refractivity contribution is 5.24. The molecule has 106 valence electrons. The van der Waals surface area contributed by atoms with Crippen LogP contribution in [0.4, 0.5) is 13.2 Å². The topological polar surface area (TPSA) is 26.0 Å². The normalized spacial score (nSPS) is 14.1. The summed E-state index contributed by atoms with van der Waals surface area (Å²) in [5, 5.41) is 0. The summed E-state index contributed by atoms with van der Waals surface area (Å²) >= 11 is 0. The number of benzene rings is 2. The van der Waals surface area contributed by atoms with Gasteiger partial charge in [-0.15, -0.1) is 0 Å². The molecule has 4 heteroatoms. The molecule has 0 radical (unpaired) electrons. The van der Waals surface area contributed by atoms with Gasteiger partial charge in [0.15, 0.2) is 11.6 Å². The highest BCUT2D eigenvalue weighted by atomic mass is 19.2. The van der Waals surface area contributed by atoms with Gasteiger partial charge in [0, 0.05) is 5.54 Å². The summed E-state index contributed by atoms with van der Waals surface area (Å²) in [6.45, 7) is 1.74. The van der Waals surface area contributed by atoms with Crippen molar-refractivity contribution in [3.63, 3.8) is 0 Å². The lowest BCUT2D eigenvalue weighted by atomic mass is 9.87. The molecule has 0 fully saturated rings. The van der Waals surface area contributed by atoms with Gasteiger partial charge in [-0.1, -0.05) is 24.3 Å². The number of hydrogen-bond acceptors (Lipinski definition) is 1. The summed E-state index contributed by atoms with van der Waals surface area (Å²) in [7, 11) is 0. The second kappa shape index (κ2) is 5.67. The Balaban J connectivity index is 2.16. The van der Waals surface area contributed by atoms with Crippen LogP contribution in [0.25, 0.3) is 0 Å². The summed E-state index contributed by atoms with van der Waals surface area (Å²) < 4.78 is 39.9. The van der Waals surface area contributed by atoms with Gasteiger partial charge < -0.3 is 5.73 Å². The van der Waals surface area contributed by atoms with Gasteiger partial charge in [-0.05, 0) is 49.1 Å². The van der Waals surface area contributed by atoms with Gasteiger partial charge in [0.2, 0.25) is 0 Å². The van der Waals surface area contributed by atoms with E-state index in [0.29, 0.717) is 6.42 Å². The highest BCUT2D eigenvalue weighted by Crippen LogP contribution is 2.20. The monoisotopic (exact) mass is 279 g/mol. The first kappa shape index (κ1) is 14.6. The van der Waals surface area contributed by atoms with Crippen LogP contribution in [0.2, 0.25) is 0 Å². The second-order valence-corrected chi connectivity index (χ2v) is 5.35. The van der Waals surface area contributed by atoms with Crippen molar-refractivity contribution in [3.05, 3.63) is 71.0 Å². The lowest BCUT2D eigenvalue weighted by molar-refractivity contribution is 0.437. The minimum absolute atomic E-state index is 0.174. The Morgan fingerprint density at radius 2 is 1.70 bits per heavy atom. The lowest BCUT2D eigenvalue weighted by Crippen LogP contribution is -2.41. The van der Waals surface area contributed by atoms with Crippen molar-refractivity contribution in [2.24, 2.45) is 5.73 Å². The molecule has 2 aromatic rings. The molecule has 0 aliphatic carbocycles. The number of hydrogen-bond donors (Lipinski definition) is 1. The first-order chi connectivity index (χ1) is 9.37. The van der Waals surface area contributed by atoms with Crippen molar-refractivity contribution in [2.45, 2.75) is 25.3 Å². The third-order valence-electron chi connectivity index (χ3n) is 3.12. The summed E-state index contributed by atoms with van der Waals surface area (Å²) in [6, 6.07) is 10.1. The molecule has 0 heterocycles. The second-order valence-electron chi connectivity index (χ2n) is 5.35. The average molecular weight is 279 g/mol. The van der Waals surface area contributed by atoms with Crippen molar-refractivity contribution in [3.8, 4) is 0 Å². The number of rotatable bonds is 4. The lowest BCUT2D eigenvalue weighted by Gasteiger charge is -2.25. The van der Waals surface area contributed by atoms with Gasteiger partial charge >= 0.3 is 0 Å². The van der Waals surface area contributed by atoms with Crippen molar-refractivity contribution < 1.29 is 13.2 Å². The number of nitrogens with two attached hydrogens (primary N) is 1. The Kier molecular flexibility index (Phi) is 4.14. The van der Waals surface area contributed by atoms with Crippen LogP contribution < -0.4 is 5.73 Å². The Bertz CT molecular complexity index is 608. The van der Waals surface area contributed by atoms with E-state index in [9.17, 15) is 13.2 Å². The predicted octanol–water partition coefficient (Wildman–Crippen LogP) is 3.61. The first-order valence-corrected chi connectivity index (χ1v) is 6.34. The van der Waals surface area contributed by atoms with Gasteiger partial charge in [0.05, 0.1) is 0 Å². The quantitative estimate of drug-likeness (QED) is 0.909. The van der Waals surface area contributed by atoms with Gasteiger partial charge in [0.1, 0.15) is 5.82 Å². The summed E-state index contributed by atoms with van der Waals surface area (Å²) in [5.74, 6) is -2.09. The third-order valence-corrected chi connectivity index (χ3v) is 3.12. The van der Waals surface area contributed by atoms with Crippen LogP contribution >= 0.6 is 0 Å². The van der Waals surface area contributed by atoms with Crippen molar-refractivity contribution >= 4 is 0 Å². The largest absolute Gasteiger partial charge is 0.325 e. The van der Waals surface area contributed by atoms with Crippen LogP contribution in [-0.4, -0.2) is 5.54 Å². The molecule has 1 unspecified atom stereocenters. The fourth-order valence-corrected chi connectivity index (χ4v) is 2.30. The van der Waals surface area contributed by atoms with Crippen molar-refractivity contribution in [1.29, 1.82) is 0 Å². The molecule has 0 aliphatic heterocycles. The Morgan fingerprint density at radius 3 is 2.40 bits per heavy atom. The number of halogens is 3. The van der Waals surface area contributed by atoms with Gasteiger partial charge in [0.25, 0.3) is 0 Å². The van der Waals surface area contributed by atoms with E-state index < -0.39 is 17.2 Å². The molecule has 2 N–H and O–H groups in total. The molecule has 0 spiro atoms. The molecule has 0 amide bonds. The standard InChI is InChI=1S/C16H16F3N/c1-16(20,9-11-4-2-6-13(17)8-11)10-12-5-3-7-14(18)15(12)19/h2-8H,9-10,20H2,1H3. The molecule has 0 saturated heterocycles. The molecule has 1 nitrogen and oxygen atoms in total. The third kappa shape index (κ3) is 3.61. The molecule has 2 aromatic carbocycles. The minimum Gasteiger partial charge on any atom is -0.325 e. The molecule has 1 atom stereocenters. The van der Waals surface area contributed by atoms with Gasteiger partial charge in [-0.25, -0.2) is 13.2 Å². The molecular formula is C16H16F3N. The molecule has 0 bridgehead atoms. The van der Waals surface area contributed by atoms with Gasteiger partial charge in [-0.2, -0.15) is 0 Å². The zero-order chi connectivity index (χ0) is 14.8. The smallest absolute Gasteiger partial charge is 0.162 e. The summed E-state index contributed by atoms with van der Waals surface area (Å²) in [4.78, 5) is 0. The molecule has 0 saturated carbocycles. The average Bonchev–Trinajstić information content (AvgIpc) is 2.34. The van der Waals surface area contributed by atoms with E-state index in [2.05, 4.69) is 0 Å². The zero-order valence-electron chi connectivity index (χ0n) is 11.2. The van der Waals surface area contributed by atoms with E-state index in [1.165, 1.54) is 24.3 Å². The Labute approximate surface area is 116 Å². The van der Waals surface area contributed by atoms with Crippen molar-refractivity contribution in [1.82, 2.24) is 0 Å². The van der Waals surface area contributed by atoms with E-state index in [0.717, 1.165) is 11.6 Å². The van der Waals surface area contributed by atoms with E-state index in [4.69, 9.17) is 5.73 Å². The van der Waals surface area contributed by atoms with E-state index >= 15 is 0 Å². The fraction of sp³-hybridized carbons (Fsp3) is 0.250. The Hall–Kier alpha value is -1.81. The van der Waals surface area contributed by atoms with Crippen molar-refractivity contribution in [2.75, 3.05) is 0 Å². The van der Waals surface area contributed by atoms with Crippen LogP contribution in [0.5, 0.6) is 0 Å². The van der Waals surface area contributed by atoms with Crippen LogP contribution in [-0.2, 0) is 12.8 Å². The van der Waals surface area contributed by atoms with E-state index in [1.54, 1.807) is 19.1 Å². The minimum atomic E-state index is -0.885. The maximum absolute atomic E-state index is 13.6. The SMILES string of the molecule is CC(N)(Cc1cccc(F)c1)Cc1cccc(F)c1F. The molecule has 20 heavy (non-hydrogen) atoms. The summed E-state index contributed by atoms with van der Waals surface area (Å²) in [6.07, 6.45) is 0.549. The molecular weight excluding hydrogens is 263 g/mol. The molecule has 0 aromatic heterocycles. The molecule has 0 aliphatic rings. The zero-order valence-corrected chi connectivity index (χ0v) is 11.2. The molecule has 2 rings (SSSR count).